The number of methoxy groups -OCH3 is 1. The lowest BCUT2D eigenvalue weighted by Crippen LogP contribution is -2.43. The first-order chi connectivity index (χ1) is 15.5. The van der Waals surface area contributed by atoms with E-state index in [-0.39, 0.29) is 5.56 Å². The lowest BCUT2D eigenvalue weighted by molar-refractivity contribution is 0.249. The molecule has 0 aliphatic carbocycles. The van der Waals surface area contributed by atoms with Crippen molar-refractivity contribution in [1.29, 1.82) is 0 Å². The summed E-state index contributed by atoms with van der Waals surface area (Å²) in [5.74, 6) is 1.58. The minimum atomic E-state index is -0.209. The zero-order valence-corrected chi connectivity index (χ0v) is 18.5. The van der Waals surface area contributed by atoms with E-state index < -0.39 is 0 Å². The van der Waals surface area contributed by atoms with Gasteiger partial charge in [-0.25, -0.2) is 4.98 Å². The average Bonchev–Trinajstić information content (AvgIpc) is 2.84. The average molecular weight is 431 g/mol. The van der Waals surface area contributed by atoms with Gasteiger partial charge in [-0.2, -0.15) is 0 Å². The van der Waals surface area contributed by atoms with Crippen LogP contribution in [0.25, 0.3) is 27.2 Å². The van der Waals surface area contributed by atoms with E-state index in [0.717, 1.165) is 31.5 Å². The highest BCUT2D eigenvalue weighted by Crippen LogP contribution is 2.31. The van der Waals surface area contributed by atoms with Crippen molar-refractivity contribution in [1.82, 2.24) is 19.9 Å². The maximum atomic E-state index is 13.3. The Bertz CT molecular complexity index is 1170. The van der Waals surface area contributed by atoms with Crippen LogP contribution >= 0.6 is 0 Å². The number of aromatic amines is 1. The molecule has 0 amide bonds. The topological polar surface area (TPSA) is 78.7 Å². The largest absolute Gasteiger partial charge is 0.497 e. The summed E-state index contributed by atoms with van der Waals surface area (Å²) in [6.45, 7) is 8.80. The number of nitrogens with zero attached hydrogens (tertiary/aromatic N) is 5. The van der Waals surface area contributed by atoms with Crippen molar-refractivity contribution in [2.45, 2.75) is 18.9 Å². The molecule has 0 unspecified atom stereocenters. The molecule has 1 aliphatic heterocycles. The predicted molar refractivity (Wildman–Crippen MR) is 125 cm³/mol. The summed E-state index contributed by atoms with van der Waals surface area (Å²) >= 11 is 0. The Morgan fingerprint density at radius 3 is 2.38 bits per heavy atom. The van der Waals surface area contributed by atoms with Gasteiger partial charge in [-0.05, 0) is 50.7 Å². The highest BCUT2D eigenvalue weighted by Gasteiger charge is 2.24. The number of H-pyrrole nitrogens is 1. The summed E-state index contributed by atoms with van der Waals surface area (Å²) < 4.78 is 5.25. The van der Waals surface area contributed by atoms with E-state index in [2.05, 4.69) is 38.7 Å². The number of nitrogens with one attached hydrogen (secondary N) is 1. The first kappa shape index (κ1) is 21.5. The van der Waals surface area contributed by atoms with E-state index >= 15 is 0 Å². The first-order valence-corrected chi connectivity index (χ1v) is 10.5. The molecule has 164 valence electrons. The zero-order chi connectivity index (χ0) is 22.7. The van der Waals surface area contributed by atoms with Gasteiger partial charge in [-0.3, -0.25) is 9.78 Å². The first-order valence-electron chi connectivity index (χ1n) is 10.5. The summed E-state index contributed by atoms with van der Waals surface area (Å²) in [4.78, 5) is 33.1. The van der Waals surface area contributed by atoms with Gasteiger partial charge >= 0.3 is 0 Å². The Labute approximate surface area is 187 Å². The van der Waals surface area contributed by atoms with E-state index in [1.807, 2.05) is 24.3 Å². The third-order valence-electron chi connectivity index (χ3n) is 5.92. The van der Waals surface area contributed by atoms with E-state index in [4.69, 9.17) is 16.3 Å². The number of ether oxygens (including phenoxy) is 1. The quantitative estimate of drug-likeness (QED) is 0.624. The number of piperidine rings is 1. The molecule has 1 saturated heterocycles. The minimum Gasteiger partial charge on any atom is -0.497 e. The monoisotopic (exact) mass is 430 g/mol. The maximum absolute atomic E-state index is 13.3. The van der Waals surface area contributed by atoms with Crippen LogP contribution in [0, 0.1) is 6.57 Å². The van der Waals surface area contributed by atoms with Crippen molar-refractivity contribution >= 4 is 11.8 Å². The Kier molecular flexibility index (Phi) is 6.19. The van der Waals surface area contributed by atoms with E-state index in [0.29, 0.717) is 40.4 Å². The van der Waals surface area contributed by atoms with Gasteiger partial charge in [0.25, 0.3) is 11.4 Å². The molecule has 0 spiro atoms. The summed E-state index contributed by atoms with van der Waals surface area (Å²) in [7, 11) is 5.80. The highest BCUT2D eigenvalue weighted by atomic mass is 16.5. The lowest BCUT2D eigenvalue weighted by Gasteiger charge is -2.35. The summed E-state index contributed by atoms with van der Waals surface area (Å²) in [5.41, 5.74) is 2.24. The third kappa shape index (κ3) is 4.34. The van der Waals surface area contributed by atoms with Gasteiger partial charge in [-0.1, -0.05) is 24.8 Å². The van der Waals surface area contributed by atoms with Crippen LogP contribution in [0.15, 0.2) is 47.4 Å². The van der Waals surface area contributed by atoms with Crippen LogP contribution in [-0.2, 0) is 0 Å². The van der Waals surface area contributed by atoms with Gasteiger partial charge in [0, 0.05) is 24.7 Å². The number of hydrogen-bond donors (Lipinski definition) is 1. The molecule has 1 fully saturated rings. The van der Waals surface area contributed by atoms with Crippen LogP contribution in [0.4, 0.5) is 11.8 Å². The standard InChI is InChI=1S/C24H26N6O2/c1-25-20-10-7-17(15-26-20)22-21(16-5-8-19(32-4)9-6-16)23(31)28-24(27-22)30-13-11-18(12-14-30)29(2)3/h5-10,15,18H,11-14H2,2-4H3,(H,27,28,31). The Balaban J connectivity index is 1.79. The molecular weight excluding hydrogens is 404 g/mol. The van der Waals surface area contributed by atoms with E-state index in [1.165, 1.54) is 0 Å². The van der Waals surface area contributed by atoms with Crippen LogP contribution in [0.3, 0.4) is 0 Å². The highest BCUT2D eigenvalue weighted by molar-refractivity contribution is 5.81. The minimum absolute atomic E-state index is 0.209. The second-order valence-corrected chi connectivity index (χ2v) is 8.04. The smallest absolute Gasteiger partial charge is 0.269 e. The van der Waals surface area contributed by atoms with Crippen molar-refractivity contribution in [3.05, 3.63) is 64.4 Å². The Morgan fingerprint density at radius 1 is 1.12 bits per heavy atom. The van der Waals surface area contributed by atoms with Gasteiger partial charge in [0.15, 0.2) is 0 Å². The van der Waals surface area contributed by atoms with Gasteiger partial charge < -0.3 is 19.4 Å². The Morgan fingerprint density at radius 2 is 1.81 bits per heavy atom. The van der Waals surface area contributed by atoms with Gasteiger partial charge in [0.05, 0.1) is 18.4 Å². The van der Waals surface area contributed by atoms with Crippen molar-refractivity contribution < 1.29 is 4.74 Å². The fourth-order valence-electron chi connectivity index (χ4n) is 4.03. The molecule has 8 nitrogen and oxygen atoms in total. The van der Waals surface area contributed by atoms with Crippen LogP contribution in [0.2, 0.25) is 0 Å². The number of aromatic nitrogens is 3. The van der Waals surface area contributed by atoms with Crippen LogP contribution < -0.4 is 15.2 Å². The fraction of sp³-hybridized carbons (Fsp3) is 0.333. The molecule has 3 heterocycles. The fourth-order valence-corrected chi connectivity index (χ4v) is 4.03. The SMILES string of the molecule is [C-]#[N+]c1ccc(-c2nc(N3CCC(N(C)C)CC3)[nH]c(=O)c2-c2ccc(OC)cc2)cn1. The number of pyridine rings is 1. The molecule has 0 bridgehead atoms. The molecule has 1 N–H and O–H groups in total. The van der Waals surface area contributed by atoms with Crippen molar-refractivity contribution in [3.63, 3.8) is 0 Å². The molecule has 1 aromatic carbocycles. The van der Waals surface area contributed by atoms with Crippen LogP contribution in [-0.4, -0.2) is 60.2 Å². The molecule has 2 aromatic heterocycles. The van der Waals surface area contributed by atoms with Crippen molar-refractivity contribution in [3.8, 4) is 28.1 Å². The number of rotatable bonds is 5. The summed E-state index contributed by atoms with van der Waals surface area (Å²) in [6, 6.07) is 11.3. The zero-order valence-electron chi connectivity index (χ0n) is 18.5. The second kappa shape index (κ2) is 9.20. The molecule has 4 rings (SSSR count). The van der Waals surface area contributed by atoms with Crippen LogP contribution in [0.1, 0.15) is 12.8 Å². The van der Waals surface area contributed by atoms with Gasteiger partial charge in [0.2, 0.25) is 5.95 Å². The molecule has 3 aromatic rings. The number of hydrogen-bond acceptors (Lipinski definition) is 6. The van der Waals surface area contributed by atoms with Crippen LogP contribution in [0.5, 0.6) is 5.75 Å². The summed E-state index contributed by atoms with van der Waals surface area (Å²) in [5, 5.41) is 0. The summed E-state index contributed by atoms with van der Waals surface area (Å²) in [6.07, 6.45) is 3.62. The normalized spacial score (nSPS) is 14.4. The molecule has 8 heteroatoms. The molecule has 0 atom stereocenters. The van der Waals surface area contributed by atoms with E-state index in [9.17, 15) is 4.79 Å². The van der Waals surface area contributed by atoms with Gasteiger partial charge in [0.1, 0.15) is 11.9 Å². The van der Waals surface area contributed by atoms with Crippen molar-refractivity contribution in [2.75, 3.05) is 39.2 Å². The number of benzene rings is 1. The lowest BCUT2D eigenvalue weighted by atomic mass is 10.0. The predicted octanol–water partition coefficient (Wildman–Crippen LogP) is 3.59. The third-order valence-corrected chi connectivity index (χ3v) is 5.92. The molecule has 1 aliphatic rings. The van der Waals surface area contributed by atoms with Gasteiger partial charge in [-0.15, -0.1) is 4.98 Å². The molecular formula is C24H26N6O2. The Hall–Kier alpha value is -3.70. The van der Waals surface area contributed by atoms with Crippen molar-refractivity contribution in [2.24, 2.45) is 0 Å². The second-order valence-electron chi connectivity index (χ2n) is 8.04. The molecule has 0 saturated carbocycles. The molecule has 32 heavy (non-hydrogen) atoms. The van der Waals surface area contributed by atoms with E-state index in [1.54, 1.807) is 25.4 Å². The molecule has 0 radical (unpaired) electrons. The maximum Gasteiger partial charge on any atom is 0.269 e. The number of anilines is 1.